The van der Waals surface area contributed by atoms with Crippen LogP contribution < -0.4 is 4.90 Å². The highest BCUT2D eigenvalue weighted by atomic mass is 16.2. The summed E-state index contributed by atoms with van der Waals surface area (Å²) < 4.78 is 1.90. The Morgan fingerprint density at radius 1 is 1.04 bits per heavy atom. The topological polar surface area (TPSA) is 51.0 Å². The van der Waals surface area contributed by atoms with Crippen LogP contribution in [-0.4, -0.2) is 20.7 Å². The first-order valence-corrected chi connectivity index (χ1v) is 9.52. The Bertz CT molecular complexity index is 917. The number of hydrogen-bond acceptors (Lipinski definition) is 3. The average Bonchev–Trinajstić information content (AvgIpc) is 3.18. The lowest BCUT2D eigenvalue weighted by Gasteiger charge is -2.39. The zero-order chi connectivity index (χ0) is 18.8. The summed E-state index contributed by atoms with van der Waals surface area (Å²) in [6, 6.07) is 18.8. The first-order chi connectivity index (χ1) is 13.2. The molecule has 1 amide bonds. The van der Waals surface area contributed by atoms with Gasteiger partial charge in [0, 0.05) is 6.42 Å². The first kappa shape index (κ1) is 17.5. The second-order valence-corrected chi connectivity index (χ2v) is 7.11. The van der Waals surface area contributed by atoms with Gasteiger partial charge in [-0.2, -0.15) is 10.1 Å². The molecule has 3 aromatic rings. The third-order valence-corrected chi connectivity index (χ3v) is 5.20. The van der Waals surface area contributed by atoms with E-state index in [2.05, 4.69) is 53.4 Å². The smallest absolute Gasteiger partial charge is 0.231 e. The van der Waals surface area contributed by atoms with E-state index in [0.717, 1.165) is 18.4 Å². The molecule has 2 atom stereocenters. The van der Waals surface area contributed by atoms with Gasteiger partial charge >= 0.3 is 0 Å². The molecule has 27 heavy (non-hydrogen) atoms. The average molecular weight is 360 g/mol. The Morgan fingerprint density at radius 2 is 1.74 bits per heavy atom. The molecule has 0 radical (unpaired) electrons. The number of rotatable bonds is 4. The van der Waals surface area contributed by atoms with Crippen molar-refractivity contribution in [2.75, 3.05) is 4.90 Å². The number of nitrogens with zero attached hydrogens (tertiary/aromatic N) is 4. The predicted octanol–water partition coefficient (Wildman–Crippen LogP) is 4.45. The lowest BCUT2D eigenvalue weighted by molar-refractivity contribution is -0.119. The van der Waals surface area contributed by atoms with Crippen molar-refractivity contribution in [2.24, 2.45) is 0 Å². The van der Waals surface area contributed by atoms with Gasteiger partial charge in [-0.1, -0.05) is 67.1 Å². The molecule has 0 fully saturated rings. The van der Waals surface area contributed by atoms with Crippen molar-refractivity contribution in [3.05, 3.63) is 77.6 Å². The number of aryl methyl sites for hydroxylation is 1. The molecule has 0 aliphatic carbocycles. The van der Waals surface area contributed by atoms with E-state index < -0.39 is 0 Å². The van der Waals surface area contributed by atoms with Crippen LogP contribution in [0.4, 0.5) is 5.95 Å². The van der Waals surface area contributed by atoms with Crippen molar-refractivity contribution in [3.8, 4) is 0 Å². The quantitative estimate of drug-likeness (QED) is 0.690. The van der Waals surface area contributed by atoms with Gasteiger partial charge in [0.2, 0.25) is 11.9 Å². The van der Waals surface area contributed by atoms with Gasteiger partial charge in [-0.15, -0.1) is 0 Å². The number of aromatic nitrogens is 3. The number of amides is 1. The minimum absolute atomic E-state index is 0.0495. The second kappa shape index (κ2) is 7.35. The number of hydrogen-bond donors (Lipinski definition) is 0. The zero-order valence-corrected chi connectivity index (χ0v) is 15.7. The number of fused-ring (bicyclic) bond motifs is 1. The predicted molar refractivity (Wildman–Crippen MR) is 106 cm³/mol. The van der Waals surface area contributed by atoms with Crippen LogP contribution >= 0.6 is 0 Å². The second-order valence-electron chi connectivity index (χ2n) is 7.11. The Balaban J connectivity index is 1.82. The summed E-state index contributed by atoms with van der Waals surface area (Å²) in [6.45, 7) is 4.11. The Kier molecular flexibility index (Phi) is 4.75. The van der Waals surface area contributed by atoms with Crippen molar-refractivity contribution in [1.82, 2.24) is 14.8 Å². The Morgan fingerprint density at radius 3 is 2.44 bits per heavy atom. The van der Waals surface area contributed by atoms with Gasteiger partial charge in [0.05, 0.1) is 12.1 Å². The molecule has 0 saturated carbocycles. The van der Waals surface area contributed by atoms with Crippen molar-refractivity contribution in [1.29, 1.82) is 0 Å². The van der Waals surface area contributed by atoms with Gasteiger partial charge in [0.1, 0.15) is 6.33 Å². The summed E-state index contributed by atoms with van der Waals surface area (Å²) in [6.07, 6.45) is 3.64. The monoisotopic (exact) mass is 360 g/mol. The normalized spacial score (nSPS) is 19.0. The summed E-state index contributed by atoms with van der Waals surface area (Å²) in [5.74, 6) is 0.739. The van der Waals surface area contributed by atoms with Gasteiger partial charge in [0.25, 0.3) is 0 Å². The van der Waals surface area contributed by atoms with E-state index in [1.54, 1.807) is 6.33 Å². The maximum Gasteiger partial charge on any atom is 0.231 e. The van der Waals surface area contributed by atoms with E-state index in [-0.39, 0.29) is 18.0 Å². The number of carbonyl (C=O) groups excluding carboxylic acids is 1. The van der Waals surface area contributed by atoms with Gasteiger partial charge in [-0.05, 0) is 30.9 Å². The van der Waals surface area contributed by atoms with E-state index in [4.69, 9.17) is 0 Å². The maximum absolute atomic E-state index is 13.0. The molecule has 2 aromatic carbocycles. The summed E-state index contributed by atoms with van der Waals surface area (Å²) in [7, 11) is 0. The largest absolute Gasteiger partial charge is 0.274 e. The standard InChI is InChI=1S/C22H24N4O/c1-3-7-21(27)25-19(18-12-10-16(2)11-13-18)14-20(17-8-5-4-6-9-17)26-22(25)23-15-24-26/h4-6,8-13,15,19-20H,3,7,14H2,1-2H3/t19-,20-/m0/s1. The van der Waals surface area contributed by atoms with Gasteiger partial charge in [-0.25, -0.2) is 4.68 Å². The van der Waals surface area contributed by atoms with Gasteiger partial charge < -0.3 is 0 Å². The molecular formula is C22H24N4O. The minimum atomic E-state index is -0.0495. The minimum Gasteiger partial charge on any atom is -0.274 e. The van der Waals surface area contributed by atoms with Gasteiger partial charge in [0.15, 0.2) is 0 Å². The highest BCUT2D eigenvalue weighted by molar-refractivity contribution is 5.92. The number of benzene rings is 2. The Hall–Kier alpha value is -2.95. The van der Waals surface area contributed by atoms with E-state index in [1.807, 2.05) is 34.7 Å². The SMILES string of the molecule is CCCC(=O)N1c2ncnn2[C@H](c2ccccc2)C[C@H]1c1ccc(C)cc1. The molecule has 1 aliphatic heterocycles. The van der Waals surface area contributed by atoms with E-state index in [9.17, 15) is 4.79 Å². The molecule has 0 saturated heterocycles. The van der Waals surface area contributed by atoms with Crippen molar-refractivity contribution < 1.29 is 4.79 Å². The van der Waals surface area contributed by atoms with Crippen LogP contribution in [0.2, 0.25) is 0 Å². The number of carbonyl (C=O) groups is 1. The molecule has 0 spiro atoms. The van der Waals surface area contributed by atoms with E-state index in [0.29, 0.717) is 12.4 Å². The summed E-state index contributed by atoms with van der Waals surface area (Å²) in [5.41, 5.74) is 3.54. The lowest BCUT2D eigenvalue weighted by Crippen LogP contribution is -2.42. The van der Waals surface area contributed by atoms with Crippen LogP contribution in [0.15, 0.2) is 60.9 Å². The molecule has 0 unspecified atom stereocenters. The van der Waals surface area contributed by atoms with Crippen LogP contribution in [0.3, 0.4) is 0 Å². The third kappa shape index (κ3) is 3.25. The summed E-state index contributed by atoms with van der Waals surface area (Å²) >= 11 is 0. The lowest BCUT2D eigenvalue weighted by atomic mass is 9.91. The summed E-state index contributed by atoms with van der Waals surface area (Å²) in [5, 5.41) is 4.46. The molecule has 5 heteroatoms. The van der Waals surface area contributed by atoms with Crippen LogP contribution in [0.1, 0.15) is 55.0 Å². The van der Waals surface area contributed by atoms with Crippen LogP contribution in [0, 0.1) is 6.92 Å². The van der Waals surface area contributed by atoms with Crippen molar-refractivity contribution >= 4 is 11.9 Å². The van der Waals surface area contributed by atoms with Crippen molar-refractivity contribution in [3.63, 3.8) is 0 Å². The molecule has 138 valence electrons. The summed E-state index contributed by atoms with van der Waals surface area (Å²) in [4.78, 5) is 19.3. The molecule has 0 bridgehead atoms. The molecular weight excluding hydrogens is 336 g/mol. The molecule has 2 heterocycles. The zero-order valence-electron chi connectivity index (χ0n) is 15.7. The molecule has 5 nitrogen and oxygen atoms in total. The highest BCUT2D eigenvalue weighted by Crippen LogP contribution is 2.42. The molecule has 0 N–H and O–H groups in total. The molecule has 1 aliphatic rings. The third-order valence-electron chi connectivity index (χ3n) is 5.20. The fourth-order valence-corrected chi connectivity index (χ4v) is 3.84. The van der Waals surface area contributed by atoms with Crippen LogP contribution in [0.5, 0.6) is 0 Å². The fraction of sp³-hybridized carbons (Fsp3) is 0.318. The maximum atomic E-state index is 13.0. The van der Waals surface area contributed by atoms with E-state index >= 15 is 0 Å². The van der Waals surface area contributed by atoms with Crippen molar-refractivity contribution in [2.45, 2.75) is 45.2 Å². The fourth-order valence-electron chi connectivity index (χ4n) is 3.84. The van der Waals surface area contributed by atoms with Crippen LogP contribution in [-0.2, 0) is 4.79 Å². The van der Waals surface area contributed by atoms with Crippen LogP contribution in [0.25, 0.3) is 0 Å². The highest BCUT2D eigenvalue weighted by Gasteiger charge is 2.38. The first-order valence-electron chi connectivity index (χ1n) is 9.52. The van der Waals surface area contributed by atoms with Gasteiger partial charge in [-0.3, -0.25) is 9.69 Å². The molecule has 4 rings (SSSR count). The van der Waals surface area contributed by atoms with E-state index in [1.165, 1.54) is 11.1 Å². The Labute approximate surface area is 159 Å². The molecule has 1 aromatic heterocycles. The number of anilines is 1.